The van der Waals surface area contributed by atoms with Gasteiger partial charge in [0.25, 0.3) is 11.8 Å². The predicted molar refractivity (Wildman–Crippen MR) is 107 cm³/mol. The highest BCUT2D eigenvalue weighted by Crippen LogP contribution is 2.31. The molecule has 0 saturated carbocycles. The van der Waals surface area contributed by atoms with Gasteiger partial charge in [0.15, 0.2) is 0 Å². The monoisotopic (exact) mass is 401 g/mol. The third-order valence-corrected chi connectivity index (χ3v) is 5.12. The van der Waals surface area contributed by atoms with Crippen molar-refractivity contribution >= 4 is 46.8 Å². The first-order chi connectivity index (χ1) is 12.9. The number of benzene rings is 1. The smallest absolute Gasteiger partial charge is 0.265 e. The number of pyridine rings is 1. The zero-order valence-electron chi connectivity index (χ0n) is 14.1. The lowest BCUT2D eigenvalue weighted by Crippen LogP contribution is -2.25. The highest BCUT2D eigenvalue weighted by Gasteiger charge is 2.24. The van der Waals surface area contributed by atoms with Gasteiger partial charge in [0.05, 0.1) is 9.93 Å². The highest BCUT2D eigenvalue weighted by atomic mass is 35.5. The first-order valence-electron chi connectivity index (χ1n) is 7.98. The average Bonchev–Trinajstić information content (AvgIpc) is 3.12. The third-order valence-electron chi connectivity index (χ3n) is 3.77. The summed E-state index contributed by atoms with van der Waals surface area (Å²) < 4.78 is 0. The van der Waals surface area contributed by atoms with Crippen LogP contribution in [0.25, 0.3) is 0 Å². The number of anilines is 1. The van der Waals surface area contributed by atoms with E-state index in [-0.39, 0.29) is 17.6 Å². The van der Waals surface area contributed by atoms with Crippen molar-refractivity contribution in [1.29, 1.82) is 5.41 Å². The molecule has 0 saturated heterocycles. The average molecular weight is 402 g/mol. The molecular formula is C18H16ClN5O2S. The van der Waals surface area contributed by atoms with E-state index in [9.17, 15) is 9.59 Å². The topological polar surface area (TPSA) is 121 Å². The number of nitrogens with zero attached hydrogens (tertiary/aromatic N) is 1. The fraction of sp³-hybridized carbons (Fsp3) is 0.111. The Morgan fingerprint density at radius 3 is 2.41 bits per heavy atom. The van der Waals surface area contributed by atoms with Crippen molar-refractivity contribution in [3.63, 3.8) is 0 Å². The lowest BCUT2D eigenvalue weighted by atomic mass is 10.1. The Bertz CT molecular complexity index is 926. The van der Waals surface area contributed by atoms with Crippen LogP contribution in [0.5, 0.6) is 0 Å². The van der Waals surface area contributed by atoms with Crippen molar-refractivity contribution in [2.75, 3.05) is 11.1 Å². The number of amidine groups is 1. The number of carbonyl (C=O) groups is 2. The molecule has 2 amide bonds. The number of rotatable bonds is 5. The lowest BCUT2D eigenvalue weighted by molar-refractivity contribution is -0.112. The van der Waals surface area contributed by atoms with Crippen molar-refractivity contribution < 1.29 is 9.59 Å². The van der Waals surface area contributed by atoms with Gasteiger partial charge in [-0.2, -0.15) is 0 Å². The summed E-state index contributed by atoms with van der Waals surface area (Å²) in [7, 11) is 0. The van der Waals surface area contributed by atoms with E-state index in [1.165, 1.54) is 18.0 Å². The van der Waals surface area contributed by atoms with Gasteiger partial charge in [-0.25, -0.2) is 4.98 Å². The van der Waals surface area contributed by atoms with Gasteiger partial charge in [0, 0.05) is 28.8 Å². The molecule has 1 aliphatic heterocycles. The maximum absolute atomic E-state index is 12.5. The number of hydrogen-bond donors (Lipinski definition) is 4. The molecule has 1 aliphatic rings. The molecule has 0 aliphatic carbocycles. The lowest BCUT2D eigenvalue weighted by Gasteiger charge is -2.10. The van der Waals surface area contributed by atoms with Crippen LogP contribution >= 0.6 is 23.4 Å². The molecular weight excluding hydrogens is 386 g/mol. The number of nitrogens with two attached hydrogens (primary N) is 1. The summed E-state index contributed by atoms with van der Waals surface area (Å²) in [6.07, 6.45) is 2.03. The SMILES string of the molecule is N=C(N)c1ccc(C(=O)NC2=C(C(=O)Nc3ccc(Cl)cn3)SCC2)cc1. The molecule has 27 heavy (non-hydrogen) atoms. The van der Waals surface area contributed by atoms with Crippen molar-refractivity contribution in [1.82, 2.24) is 10.3 Å². The molecule has 0 unspecified atom stereocenters. The fourth-order valence-corrected chi connectivity index (χ4v) is 3.54. The fourth-order valence-electron chi connectivity index (χ4n) is 2.41. The zero-order chi connectivity index (χ0) is 19.4. The van der Waals surface area contributed by atoms with Crippen molar-refractivity contribution in [3.05, 3.63) is 69.3 Å². The van der Waals surface area contributed by atoms with E-state index in [1.54, 1.807) is 36.4 Å². The number of hydrogen-bond acceptors (Lipinski definition) is 5. The summed E-state index contributed by atoms with van der Waals surface area (Å²) in [5.74, 6) is 0.379. The molecule has 0 fully saturated rings. The molecule has 0 bridgehead atoms. The number of halogens is 1. The normalized spacial score (nSPS) is 13.4. The van der Waals surface area contributed by atoms with Crippen LogP contribution in [0.1, 0.15) is 22.3 Å². The molecule has 2 heterocycles. The first-order valence-corrected chi connectivity index (χ1v) is 9.35. The van der Waals surface area contributed by atoms with Gasteiger partial charge in [-0.1, -0.05) is 23.7 Å². The largest absolute Gasteiger partial charge is 0.384 e. The van der Waals surface area contributed by atoms with Crippen molar-refractivity contribution in [3.8, 4) is 0 Å². The Morgan fingerprint density at radius 1 is 1.07 bits per heavy atom. The minimum Gasteiger partial charge on any atom is -0.384 e. The second-order valence-electron chi connectivity index (χ2n) is 5.67. The number of thioether (sulfide) groups is 1. The summed E-state index contributed by atoms with van der Waals surface area (Å²) in [4.78, 5) is 29.4. The minimum atomic E-state index is -0.324. The standard InChI is InChI=1S/C18H16ClN5O2S/c19-12-5-6-14(22-9-12)24-18(26)15-13(7-8-27-15)23-17(25)11-3-1-10(2-4-11)16(20)21/h1-6,9H,7-8H2,(H3,20,21)(H,23,25)(H,22,24,26). The number of carbonyl (C=O) groups excluding carboxylic acids is 2. The molecule has 5 N–H and O–H groups in total. The Kier molecular flexibility index (Phi) is 5.78. The van der Waals surface area contributed by atoms with Crippen molar-refractivity contribution in [2.45, 2.75) is 6.42 Å². The number of nitrogens with one attached hydrogen (secondary N) is 3. The highest BCUT2D eigenvalue weighted by molar-refractivity contribution is 8.04. The van der Waals surface area contributed by atoms with Gasteiger partial charge in [-0.15, -0.1) is 11.8 Å². The van der Waals surface area contributed by atoms with Gasteiger partial charge < -0.3 is 16.4 Å². The Balaban J connectivity index is 1.71. The molecule has 138 valence electrons. The van der Waals surface area contributed by atoms with Crippen LogP contribution in [0, 0.1) is 5.41 Å². The van der Waals surface area contributed by atoms with Crippen LogP contribution in [0.3, 0.4) is 0 Å². The number of amides is 2. The van der Waals surface area contributed by atoms with E-state index < -0.39 is 0 Å². The summed E-state index contributed by atoms with van der Waals surface area (Å²) >= 11 is 7.17. The van der Waals surface area contributed by atoms with E-state index in [4.69, 9.17) is 22.7 Å². The van der Waals surface area contributed by atoms with Gasteiger partial charge in [-0.3, -0.25) is 15.0 Å². The molecule has 1 aromatic carbocycles. The molecule has 2 aromatic rings. The van der Waals surface area contributed by atoms with Crippen LogP contribution < -0.4 is 16.4 Å². The molecule has 3 rings (SSSR count). The third kappa shape index (κ3) is 4.66. The number of nitrogen functional groups attached to an aromatic ring is 1. The molecule has 0 atom stereocenters. The van der Waals surface area contributed by atoms with Crippen LogP contribution in [0.2, 0.25) is 5.02 Å². The van der Waals surface area contributed by atoms with Crippen LogP contribution in [-0.2, 0) is 4.79 Å². The van der Waals surface area contributed by atoms with E-state index in [2.05, 4.69) is 15.6 Å². The van der Waals surface area contributed by atoms with E-state index >= 15 is 0 Å². The van der Waals surface area contributed by atoms with E-state index in [0.29, 0.717) is 44.7 Å². The van der Waals surface area contributed by atoms with Gasteiger partial charge in [0.1, 0.15) is 11.7 Å². The zero-order valence-corrected chi connectivity index (χ0v) is 15.7. The van der Waals surface area contributed by atoms with E-state index in [0.717, 1.165) is 0 Å². The van der Waals surface area contributed by atoms with Gasteiger partial charge in [0.2, 0.25) is 0 Å². The summed E-state index contributed by atoms with van der Waals surface area (Å²) in [5.41, 5.74) is 6.95. The Morgan fingerprint density at radius 2 is 1.78 bits per heavy atom. The molecule has 0 spiro atoms. The number of aromatic nitrogens is 1. The quantitative estimate of drug-likeness (QED) is 0.453. The second kappa shape index (κ2) is 8.24. The summed E-state index contributed by atoms with van der Waals surface area (Å²) in [5, 5.41) is 13.4. The van der Waals surface area contributed by atoms with Crippen LogP contribution in [-0.4, -0.2) is 28.4 Å². The molecule has 1 aromatic heterocycles. The Labute approximate surface area is 164 Å². The minimum absolute atomic E-state index is 0.0633. The van der Waals surface area contributed by atoms with Crippen LogP contribution in [0.4, 0.5) is 5.82 Å². The predicted octanol–water partition coefficient (Wildman–Crippen LogP) is 2.74. The van der Waals surface area contributed by atoms with E-state index in [1.807, 2.05) is 0 Å². The maximum atomic E-state index is 12.5. The second-order valence-corrected chi connectivity index (χ2v) is 7.21. The summed E-state index contributed by atoms with van der Waals surface area (Å²) in [6.45, 7) is 0. The number of allylic oxidation sites excluding steroid dienone is 1. The molecule has 0 radical (unpaired) electrons. The van der Waals surface area contributed by atoms with Gasteiger partial charge >= 0.3 is 0 Å². The molecule has 9 heteroatoms. The van der Waals surface area contributed by atoms with Crippen LogP contribution in [0.15, 0.2) is 53.2 Å². The first kappa shape index (κ1) is 18.9. The van der Waals surface area contributed by atoms with Gasteiger partial charge in [-0.05, 0) is 30.7 Å². The van der Waals surface area contributed by atoms with Crippen molar-refractivity contribution in [2.24, 2.45) is 5.73 Å². The summed E-state index contributed by atoms with van der Waals surface area (Å²) in [6, 6.07) is 9.63. The molecule has 7 nitrogen and oxygen atoms in total. The Hall–Kier alpha value is -2.84. The maximum Gasteiger partial charge on any atom is 0.265 e.